The van der Waals surface area contributed by atoms with Gasteiger partial charge in [-0.2, -0.15) is 0 Å². The molecule has 0 N–H and O–H groups in total. The molecular weight excluding hydrogens is 2350 g/mol. The topological polar surface area (TPSA) is 520 Å². The number of ether oxygens (including phenoxy) is 12. The third kappa shape index (κ3) is 12.7. The van der Waals surface area contributed by atoms with Gasteiger partial charge in [-0.15, -0.1) is 0 Å². The molecule has 0 atom stereocenters. The number of benzene rings is 12. The first-order valence-corrected chi connectivity index (χ1v) is 41.7. The summed E-state index contributed by atoms with van der Waals surface area (Å²) in [6, 6.07) is 4.58. The molecule has 0 saturated heterocycles. The van der Waals surface area contributed by atoms with Crippen molar-refractivity contribution in [2.24, 2.45) is 0 Å². The molecule has 0 fully saturated rings. The van der Waals surface area contributed by atoms with E-state index in [-0.39, 0.29) is 125 Å². The Morgan fingerprint density at radius 1 is 0.138 bits per heavy atom. The van der Waals surface area contributed by atoms with Gasteiger partial charge in [0.05, 0.1) is 72.3 Å². The second-order valence-corrected chi connectivity index (χ2v) is 34.2. The fraction of sp³-hybridized carbons (Fsp3) is 0. The molecule has 0 saturated carbocycles. The van der Waals surface area contributed by atoms with E-state index in [4.69, 9.17) is 18.9 Å². The third-order valence-corrected chi connectivity index (χ3v) is 28.7. The van der Waals surface area contributed by atoms with Crippen molar-refractivity contribution in [1.82, 2.24) is 0 Å². The van der Waals surface area contributed by atoms with Crippen LogP contribution in [-0.4, -0.2) is 143 Å². The van der Waals surface area contributed by atoms with Gasteiger partial charge in [0.2, 0.25) is 0 Å². The Kier molecular flexibility index (Phi) is 20.9. The van der Waals surface area contributed by atoms with Gasteiger partial charge in [0.15, 0.2) is 34.9 Å². The first-order chi connectivity index (χ1) is 64.9. The maximum absolute atomic E-state index is 14.1. The van der Waals surface area contributed by atoms with Crippen molar-refractivity contribution in [1.29, 1.82) is 0 Å². The molecule has 0 spiro atoms. The molecule has 12 aliphatic heterocycles. The second kappa shape index (κ2) is 31.5. The maximum Gasteiger partial charge on any atom is 0.349 e. The van der Waals surface area contributed by atoms with E-state index in [1.54, 1.807) is 0 Å². The predicted octanol–water partition coefficient (Wildman–Crippen LogP) is 15.6. The molecule has 684 valence electrons. The lowest BCUT2D eigenvalue weighted by atomic mass is 9.87. The number of esters is 24. The van der Waals surface area contributed by atoms with Crippen LogP contribution < -0.4 is 0 Å². The van der Waals surface area contributed by atoms with E-state index in [2.05, 4.69) is 149 Å². The number of hydrogen-bond acceptors (Lipinski definition) is 36. The fourth-order valence-corrected chi connectivity index (χ4v) is 20.3. The Bertz CT molecular complexity index is 7910. The summed E-state index contributed by atoms with van der Waals surface area (Å²) in [6.07, 6.45) is 0. The van der Waals surface area contributed by atoms with E-state index >= 15 is 0 Å². The molecule has 138 heavy (non-hydrogen) atoms. The molecule has 12 aromatic rings. The minimum Gasteiger partial charge on any atom is -0.386 e. The monoisotopic (exact) mass is 2350 g/mol. The molecular formula is C84H6Br7F11O36. The zero-order valence-electron chi connectivity index (χ0n) is 64.0. The van der Waals surface area contributed by atoms with Gasteiger partial charge in [-0.25, -0.2) is 163 Å². The third-order valence-electron chi connectivity index (χ3n) is 21.7. The number of rotatable bonds is 0. The lowest BCUT2D eigenvalue weighted by Gasteiger charge is -2.25. The lowest BCUT2D eigenvalue weighted by Crippen LogP contribution is -2.30. The van der Waals surface area contributed by atoms with Gasteiger partial charge in [0, 0.05) is 95.9 Å². The SMILES string of the molecule is O=C1OC(=O)c2c(Br)c(Br)c3c4c(c(Br)c(Br)c1c24)C(=O)OC3=O.O=C1OC(=O)c2c(Br)c(Br)c3c4c(c(Br)cc1c24)C(=O)OC3=O.O=C1OC(=O)c2c(F)c(F)c3c4c(c(F)c(F)c1c24)C(=O)OC3=O.O=C1OC(=O)c2c(F)c(F)c3c4c(c(F)cc1c24)C(=O)OC3=O.O=C1OC(=O)c2c(F)cc3c4c(c(F)cc1c24)C(=O)OC3=O.O=C1OC(=O)c2cc(F)c3c4c(c(F)cc1c24)C(=O)OC3=O. The summed E-state index contributed by atoms with van der Waals surface area (Å²) in [5.41, 5.74) is -12.1. The molecule has 0 amide bonds. The number of carbonyl (C=O) groups excluding carboxylic acids is 24. The van der Waals surface area contributed by atoms with Crippen LogP contribution in [0.15, 0.2) is 67.7 Å². The number of carbonyl (C=O) groups is 24. The predicted molar refractivity (Wildman–Crippen MR) is 434 cm³/mol. The largest absolute Gasteiger partial charge is 0.386 e. The highest BCUT2D eigenvalue weighted by molar-refractivity contribution is 9.14. The Morgan fingerprint density at radius 3 is 0.500 bits per heavy atom. The summed E-state index contributed by atoms with van der Waals surface area (Å²) < 4.78 is 210. The summed E-state index contributed by atoms with van der Waals surface area (Å²) in [7, 11) is 0. The Morgan fingerprint density at radius 2 is 0.261 bits per heavy atom. The van der Waals surface area contributed by atoms with Gasteiger partial charge in [0.25, 0.3) is 0 Å². The van der Waals surface area contributed by atoms with Crippen LogP contribution in [-0.2, 0) is 56.8 Å². The van der Waals surface area contributed by atoms with Crippen LogP contribution in [0.5, 0.6) is 0 Å². The molecule has 0 radical (unpaired) electrons. The highest BCUT2D eigenvalue weighted by Gasteiger charge is 2.51. The van der Waals surface area contributed by atoms with Crippen molar-refractivity contribution in [3.05, 3.63) is 265 Å². The molecule has 36 nitrogen and oxygen atoms in total. The zero-order chi connectivity index (χ0) is 99.8. The van der Waals surface area contributed by atoms with E-state index in [1.807, 2.05) is 0 Å². The highest BCUT2D eigenvalue weighted by Crippen LogP contribution is 2.53. The first-order valence-electron chi connectivity index (χ1n) is 36.2. The quantitative estimate of drug-likeness (QED) is 0.0589. The van der Waals surface area contributed by atoms with Gasteiger partial charge < -0.3 is 56.8 Å². The molecule has 54 heteroatoms. The van der Waals surface area contributed by atoms with Gasteiger partial charge in [-0.05, 0) is 148 Å². The van der Waals surface area contributed by atoms with Crippen molar-refractivity contribution in [3.8, 4) is 0 Å². The Hall–Kier alpha value is -15.5. The van der Waals surface area contributed by atoms with Crippen molar-refractivity contribution in [3.63, 3.8) is 0 Å². The van der Waals surface area contributed by atoms with E-state index in [0.29, 0.717) is 30.3 Å². The summed E-state index contributed by atoms with van der Waals surface area (Å²) in [6.45, 7) is 0. The molecule has 12 aromatic carbocycles. The van der Waals surface area contributed by atoms with Crippen LogP contribution in [0.1, 0.15) is 249 Å². The Balaban J connectivity index is 0.000000106. The van der Waals surface area contributed by atoms with Gasteiger partial charge in [-0.3, -0.25) is 0 Å². The summed E-state index contributed by atoms with van der Waals surface area (Å²) in [4.78, 5) is 284. The van der Waals surface area contributed by atoms with Crippen LogP contribution in [0, 0.1) is 64.0 Å². The molecule has 12 aliphatic rings. The fourth-order valence-electron chi connectivity index (χ4n) is 16.3. The second-order valence-electron chi connectivity index (χ2n) is 28.6. The smallest absolute Gasteiger partial charge is 0.349 e. The number of halogens is 18. The summed E-state index contributed by atoms with van der Waals surface area (Å²) >= 11 is 22.6. The van der Waals surface area contributed by atoms with E-state index < -0.39 is 312 Å². The zero-order valence-corrected chi connectivity index (χ0v) is 75.1. The number of hydrogen-bond donors (Lipinski definition) is 0. The van der Waals surface area contributed by atoms with Crippen LogP contribution in [0.4, 0.5) is 48.3 Å². The minimum absolute atomic E-state index is 0.0483. The minimum atomic E-state index is -1.92. The first kappa shape index (κ1) is 91.6. The van der Waals surface area contributed by atoms with E-state index in [9.17, 15) is 163 Å². The summed E-state index contributed by atoms with van der Waals surface area (Å²) in [5.74, 6) is -46.4. The maximum atomic E-state index is 14.1. The van der Waals surface area contributed by atoms with Crippen LogP contribution in [0.25, 0.3) is 64.6 Å². The lowest BCUT2D eigenvalue weighted by molar-refractivity contribution is 0.0351. The Labute approximate surface area is 799 Å². The van der Waals surface area contributed by atoms with Crippen LogP contribution in [0.2, 0.25) is 0 Å². The van der Waals surface area contributed by atoms with Crippen molar-refractivity contribution >= 4 is 319 Å². The molecule has 0 unspecified atom stereocenters. The van der Waals surface area contributed by atoms with Gasteiger partial charge in [0.1, 0.15) is 90.3 Å². The standard InChI is InChI=1S/C14Br4O6.C14HBr3O6.C14F4O6.C14HF3O6.2C14H2F2O6/c15-7-3-1-2-5(9(7)17)13(21)24-14(22)6(2)10(18)8(16)4(1)12(20)23-11(3)19;15-3-1-2-4-6-5(3)12(19)23-14(21)8(6)10(17)9(16)7(4)13(20)22-11(2)18;15-7-3-1-2-5(9(7)17)13(21)24-14(22)6(2)10(18)8(16)4(1)12(20)23-11(3)19;15-3-1-2-4-6-5(3)12(19)23-14(21)8(6)10(17)9(16)7(4)13(20)22-11(2)18;15-5-1-3-7-8-4(12(18)22-13(19)9(5)8)2-6(16)10(7)14(20)21-11(3)17;15-5-1-3-7-4(12(18)21-11(3)17)2-6(16)9-10(7)8(5)13(19)22-14(9)20/h;1H;;1H;2*1-2H. The van der Waals surface area contributed by atoms with E-state index in [0.717, 1.165) is 0 Å². The van der Waals surface area contributed by atoms with Gasteiger partial charge in [-0.1, -0.05) is 0 Å². The van der Waals surface area contributed by atoms with Crippen LogP contribution in [0.3, 0.4) is 0 Å². The van der Waals surface area contributed by atoms with Gasteiger partial charge >= 0.3 is 143 Å². The van der Waals surface area contributed by atoms with Crippen molar-refractivity contribution in [2.75, 3.05) is 0 Å². The molecule has 0 bridgehead atoms. The molecule has 12 heterocycles. The molecule has 24 rings (SSSR count). The summed E-state index contributed by atoms with van der Waals surface area (Å²) in [5, 5.41) is -3.64. The van der Waals surface area contributed by atoms with E-state index in [1.165, 1.54) is 6.07 Å². The van der Waals surface area contributed by atoms with Crippen molar-refractivity contribution in [2.45, 2.75) is 0 Å². The number of cyclic esters (lactones) is 24. The van der Waals surface area contributed by atoms with Crippen molar-refractivity contribution < 1.29 is 220 Å². The average Bonchev–Trinajstić information content (AvgIpc) is 0.694. The van der Waals surface area contributed by atoms with Crippen LogP contribution >= 0.6 is 112 Å². The molecule has 0 aromatic heterocycles. The molecule has 0 aliphatic carbocycles. The normalized spacial score (nSPS) is 15.8. The average molecular weight is 2360 g/mol. The highest BCUT2D eigenvalue weighted by atomic mass is 79.9.